The fraction of sp³-hybridized carbons (Fsp3) is 0.750. The smallest absolute Gasteiger partial charge is 0.163 e. The average Bonchev–Trinajstić information content (AvgIpc) is 2.08. The largest absolute Gasteiger partial charge is 0.370 e. The van der Waals surface area contributed by atoms with E-state index in [4.69, 9.17) is 11.2 Å². The van der Waals surface area contributed by atoms with Crippen LogP contribution in [0.1, 0.15) is 40.5 Å². The third kappa shape index (κ3) is 4.43. The Bertz CT molecular complexity index is 217. The highest BCUT2D eigenvalue weighted by Gasteiger charge is 2.30. The molecule has 0 rings (SSSR count). The highest BCUT2D eigenvalue weighted by Crippen LogP contribution is 2.24. The van der Waals surface area contributed by atoms with Crippen LogP contribution in [0.25, 0.3) is 0 Å². The van der Waals surface area contributed by atoms with Crippen molar-refractivity contribution in [1.29, 1.82) is 0 Å². The van der Waals surface area contributed by atoms with Gasteiger partial charge in [0.15, 0.2) is 5.78 Å². The Hall–Kier alpha value is -0.810. The zero-order valence-corrected chi connectivity index (χ0v) is 9.59. The van der Waals surface area contributed by atoms with E-state index in [1.165, 1.54) is 0 Å². The molecule has 0 aliphatic carbocycles. The van der Waals surface area contributed by atoms with Crippen LogP contribution >= 0.6 is 0 Å². The molecule has 0 aliphatic heterocycles. The molecule has 0 bridgehead atoms. The normalized spacial score (nSPS) is 13.4. The van der Waals surface area contributed by atoms with E-state index in [2.05, 4.69) is 5.92 Å². The molecule has 0 heterocycles. The van der Waals surface area contributed by atoms with Crippen molar-refractivity contribution in [3.8, 4) is 12.3 Å². The second-order valence-electron chi connectivity index (χ2n) is 4.37. The van der Waals surface area contributed by atoms with Crippen LogP contribution in [0.2, 0.25) is 0 Å². The van der Waals surface area contributed by atoms with Crippen LogP contribution in [0.5, 0.6) is 0 Å². The van der Waals surface area contributed by atoms with Gasteiger partial charge in [0.1, 0.15) is 6.10 Å². The van der Waals surface area contributed by atoms with E-state index in [9.17, 15) is 4.79 Å². The second-order valence-corrected chi connectivity index (χ2v) is 4.37. The van der Waals surface area contributed by atoms with Gasteiger partial charge in [-0.3, -0.25) is 4.79 Å². The van der Waals surface area contributed by atoms with Gasteiger partial charge >= 0.3 is 0 Å². The van der Waals surface area contributed by atoms with Gasteiger partial charge in [-0.1, -0.05) is 20.8 Å². The molecule has 0 spiro atoms. The van der Waals surface area contributed by atoms with E-state index in [0.717, 1.165) is 0 Å². The number of rotatable bonds is 5. The molecular formula is C12H20O2. The Labute approximate surface area is 87.0 Å². The van der Waals surface area contributed by atoms with E-state index in [0.29, 0.717) is 19.4 Å². The standard InChI is InChI=1S/C12H20O2/c1-6-8-9-10(13)11(14-7-2)12(3,4)5/h1,11H,7-9H2,2-5H3. The first-order chi connectivity index (χ1) is 6.43. The molecule has 1 atom stereocenters. The summed E-state index contributed by atoms with van der Waals surface area (Å²) in [5.74, 6) is 2.58. The Balaban J connectivity index is 4.35. The van der Waals surface area contributed by atoms with Gasteiger partial charge in [-0.05, 0) is 12.3 Å². The van der Waals surface area contributed by atoms with Gasteiger partial charge in [0.2, 0.25) is 0 Å². The van der Waals surface area contributed by atoms with Crippen molar-refractivity contribution >= 4 is 5.78 Å². The van der Waals surface area contributed by atoms with Gasteiger partial charge in [0.25, 0.3) is 0 Å². The summed E-state index contributed by atoms with van der Waals surface area (Å²) in [6.45, 7) is 8.46. The predicted octanol–water partition coefficient (Wildman–Crippen LogP) is 2.42. The number of hydrogen-bond donors (Lipinski definition) is 0. The number of carbonyl (C=O) groups is 1. The summed E-state index contributed by atoms with van der Waals surface area (Å²) in [6, 6.07) is 0. The monoisotopic (exact) mass is 196 g/mol. The summed E-state index contributed by atoms with van der Waals surface area (Å²) in [4.78, 5) is 11.7. The van der Waals surface area contributed by atoms with Gasteiger partial charge in [-0.2, -0.15) is 0 Å². The van der Waals surface area contributed by atoms with Gasteiger partial charge in [0.05, 0.1) is 0 Å². The molecule has 0 aromatic heterocycles. The van der Waals surface area contributed by atoms with Crippen LogP contribution in [-0.2, 0) is 9.53 Å². The molecule has 2 nitrogen and oxygen atoms in total. The maximum atomic E-state index is 11.7. The molecule has 80 valence electrons. The van der Waals surface area contributed by atoms with Crippen LogP contribution in [0.15, 0.2) is 0 Å². The number of ketones is 1. The lowest BCUT2D eigenvalue weighted by Gasteiger charge is -2.28. The van der Waals surface area contributed by atoms with Crippen molar-refractivity contribution in [2.24, 2.45) is 5.41 Å². The number of terminal acetylenes is 1. The number of Topliss-reactive ketones (excluding diaryl/α,β-unsaturated/α-hetero) is 1. The minimum atomic E-state index is -0.333. The first-order valence-corrected chi connectivity index (χ1v) is 5.01. The van der Waals surface area contributed by atoms with E-state index in [1.54, 1.807) is 0 Å². The number of ether oxygens (including phenoxy) is 1. The summed E-state index contributed by atoms with van der Waals surface area (Å²) in [6.07, 6.45) is 5.70. The number of hydrogen-bond acceptors (Lipinski definition) is 2. The van der Waals surface area contributed by atoms with Crippen LogP contribution in [0.4, 0.5) is 0 Å². The first-order valence-electron chi connectivity index (χ1n) is 5.01. The molecule has 1 unspecified atom stereocenters. The van der Waals surface area contributed by atoms with Crippen LogP contribution in [-0.4, -0.2) is 18.5 Å². The summed E-state index contributed by atoms with van der Waals surface area (Å²) in [5, 5.41) is 0. The molecule has 0 fully saturated rings. The molecule has 0 aromatic rings. The molecule has 0 N–H and O–H groups in total. The lowest BCUT2D eigenvalue weighted by atomic mass is 9.85. The Morgan fingerprint density at radius 3 is 2.43 bits per heavy atom. The van der Waals surface area contributed by atoms with E-state index in [1.807, 2.05) is 27.7 Å². The topological polar surface area (TPSA) is 26.3 Å². The second kappa shape index (κ2) is 5.82. The Kier molecular flexibility index (Phi) is 5.49. The minimum absolute atomic E-state index is 0.109. The molecule has 0 saturated heterocycles. The predicted molar refractivity (Wildman–Crippen MR) is 57.9 cm³/mol. The van der Waals surface area contributed by atoms with Gasteiger partial charge in [0, 0.05) is 19.4 Å². The Morgan fingerprint density at radius 2 is 2.07 bits per heavy atom. The van der Waals surface area contributed by atoms with Crippen molar-refractivity contribution in [2.45, 2.75) is 46.6 Å². The molecule has 14 heavy (non-hydrogen) atoms. The lowest BCUT2D eigenvalue weighted by molar-refractivity contribution is -0.137. The molecule has 0 saturated carbocycles. The quantitative estimate of drug-likeness (QED) is 0.631. The lowest BCUT2D eigenvalue weighted by Crippen LogP contribution is -2.37. The third-order valence-corrected chi connectivity index (χ3v) is 1.93. The van der Waals surface area contributed by atoms with E-state index in [-0.39, 0.29) is 17.3 Å². The SMILES string of the molecule is C#CCCC(=O)C(OCC)C(C)(C)C. The maximum absolute atomic E-state index is 11.7. The van der Waals surface area contributed by atoms with Gasteiger partial charge < -0.3 is 4.74 Å². The van der Waals surface area contributed by atoms with E-state index >= 15 is 0 Å². The summed E-state index contributed by atoms with van der Waals surface area (Å²) in [7, 11) is 0. The summed E-state index contributed by atoms with van der Waals surface area (Å²) in [5.41, 5.74) is -0.151. The third-order valence-electron chi connectivity index (χ3n) is 1.93. The highest BCUT2D eigenvalue weighted by molar-refractivity contribution is 5.84. The molecule has 0 aromatic carbocycles. The van der Waals surface area contributed by atoms with Gasteiger partial charge in [-0.25, -0.2) is 0 Å². The zero-order valence-electron chi connectivity index (χ0n) is 9.59. The molecule has 0 amide bonds. The van der Waals surface area contributed by atoms with E-state index < -0.39 is 0 Å². The van der Waals surface area contributed by atoms with Crippen molar-refractivity contribution in [2.75, 3.05) is 6.61 Å². The van der Waals surface area contributed by atoms with Gasteiger partial charge in [-0.15, -0.1) is 12.3 Å². The van der Waals surface area contributed by atoms with Crippen molar-refractivity contribution in [3.63, 3.8) is 0 Å². The van der Waals surface area contributed by atoms with Crippen LogP contribution < -0.4 is 0 Å². The van der Waals surface area contributed by atoms with Crippen molar-refractivity contribution < 1.29 is 9.53 Å². The fourth-order valence-corrected chi connectivity index (χ4v) is 1.32. The zero-order chi connectivity index (χ0) is 11.2. The molecule has 0 aliphatic rings. The van der Waals surface area contributed by atoms with Crippen LogP contribution in [0, 0.1) is 17.8 Å². The maximum Gasteiger partial charge on any atom is 0.163 e. The van der Waals surface area contributed by atoms with Crippen molar-refractivity contribution in [3.05, 3.63) is 0 Å². The highest BCUT2D eigenvalue weighted by atomic mass is 16.5. The molecule has 0 radical (unpaired) electrons. The van der Waals surface area contributed by atoms with Crippen molar-refractivity contribution in [1.82, 2.24) is 0 Å². The number of carbonyl (C=O) groups excluding carboxylic acids is 1. The minimum Gasteiger partial charge on any atom is -0.370 e. The van der Waals surface area contributed by atoms with Crippen LogP contribution in [0.3, 0.4) is 0 Å². The first kappa shape index (κ1) is 13.2. The average molecular weight is 196 g/mol. The summed E-state index contributed by atoms with van der Waals surface area (Å²) >= 11 is 0. The fourth-order valence-electron chi connectivity index (χ4n) is 1.32. The summed E-state index contributed by atoms with van der Waals surface area (Å²) < 4.78 is 5.45. The molecular weight excluding hydrogens is 176 g/mol. The molecule has 2 heteroatoms. The Morgan fingerprint density at radius 1 is 1.50 bits per heavy atom.